The van der Waals surface area contributed by atoms with Gasteiger partial charge < -0.3 is 27.1 Å². The van der Waals surface area contributed by atoms with E-state index < -0.39 is 17.2 Å². The van der Waals surface area contributed by atoms with E-state index in [2.05, 4.69) is 25.3 Å². The van der Waals surface area contributed by atoms with E-state index in [0.29, 0.717) is 34.5 Å². The molecule has 0 aliphatic heterocycles. The summed E-state index contributed by atoms with van der Waals surface area (Å²) >= 11 is 3.33. The fraction of sp³-hybridized carbons (Fsp3) is 0. The zero-order chi connectivity index (χ0) is 36.1. The molecule has 51 heavy (non-hydrogen) atoms. The number of hydrogen-bond acceptors (Lipinski definition) is 6. The second kappa shape index (κ2) is 28.9. The Kier molecular flexibility index (Phi) is 25.0. The van der Waals surface area contributed by atoms with E-state index >= 15 is 0 Å². The summed E-state index contributed by atoms with van der Waals surface area (Å²) in [4.78, 5) is 0. The summed E-state index contributed by atoms with van der Waals surface area (Å²) in [6.45, 7) is 9.00. The molecule has 0 aliphatic rings. The minimum atomic E-state index is -1.59. The third-order valence-electron chi connectivity index (χ3n) is 5.54. The van der Waals surface area contributed by atoms with Gasteiger partial charge in [-0.2, -0.15) is 0 Å². The van der Waals surface area contributed by atoms with Gasteiger partial charge in [0.15, 0.2) is 0 Å². The average molecular weight is 777 g/mol. The van der Waals surface area contributed by atoms with Crippen LogP contribution in [0.25, 0.3) is 0 Å². The Labute approximate surface area is 316 Å². The van der Waals surface area contributed by atoms with Crippen molar-refractivity contribution in [2.24, 2.45) is 0 Å². The smallest absolute Gasteiger partial charge is 0.409 e. The molecule has 0 saturated heterocycles. The van der Waals surface area contributed by atoms with Gasteiger partial charge in [0, 0.05) is 17.1 Å². The molecule has 8 nitrogen and oxygen atoms in total. The first-order chi connectivity index (χ1) is 24.8. The van der Waals surface area contributed by atoms with Crippen LogP contribution in [-0.4, -0.2) is 0 Å². The summed E-state index contributed by atoms with van der Waals surface area (Å²) in [7, 11) is -3.18. The third-order valence-corrected chi connectivity index (χ3v) is 7.70. The Morgan fingerprint density at radius 1 is 0.294 bits per heavy atom. The van der Waals surface area contributed by atoms with Crippen molar-refractivity contribution in [3.8, 4) is 34.5 Å². The molecule has 0 aromatic heterocycles. The zero-order valence-corrected chi connectivity index (χ0v) is 30.5. The van der Waals surface area contributed by atoms with Crippen LogP contribution in [0.1, 0.15) is 0 Å². The molecule has 0 atom stereocenters. The summed E-state index contributed by atoms with van der Waals surface area (Å²) in [5.74, 6) is 4.25. The van der Waals surface area contributed by atoms with E-state index in [1.54, 1.807) is 0 Å². The number of hydrogen-bond donors (Lipinski definition) is 0. The first-order valence-corrected chi connectivity index (χ1v) is 17.0. The molecule has 258 valence electrons. The van der Waals surface area contributed by atoms with Crippen molar-refractivity contribution in [3.63, 3.8) is 0 Å². The molecule has 12 heteroatoms. The van der Waals surface area contributed by atoms with Gasteiger partial charge in [-0.25, -0.2) is 0 Å². The first-order valence-electron chi connectivity index (χ1n) is 14.4. The van der Waals surface area contributed by atoms with Crippen molar-refractivity contribution in [1.29, 1.82) is 0 Å². The molecule has 0 N–H and O–H groups in total. The first kappa shape index (κ1) is 44.1. The minimum absolute atomic E-state index is 0. The SMILES string of the molecule is [C-]#[O+].[C-]#[O+].[C-]#[S+].[Fe].c1ccc(OP(Oc2ccccc2)Oc2ccccc2)cc1.c1ccc(OP(Oc2ccccc2)Oc2ccccc2)cc1. The van der Waals surface area contributed by atoms with Gasteiger partial charge in [-0.15, -0.1) is 0 Å². The number of para-hydroxylation sites is 6. The van der Waals surface area contributed by atoms with Crippen molar-refractivity contribution in [1.82, 2.24) is 0 Å². The normalized spacial score (nSPS) is 8.94. The molecule has 0 unspecified atom stereocenters. The van der Waals surface area contributed by atoms with Crippen LogP contribution in [0.15, 0.2) is 182 Å². The molecular weight excluding hydrogens is 746 g/mol. The molecule has 0 spiro atoms. The molecule has 0 radical (unpaired) electrons. The second-order valence-electron chi connectivity index (χ2n) is 8.87. The van der Waals surface area contributed by atoms with E-state index in [0.717, 1.165) is 0 Å². The molecule has 6 rings (SSSR count). The van der Waals surface area contributed by atoms with Crippen LogP contribution in [0, 0.1) is 19.0 Å². The van der Waals surface area contributed by atoms with Crippen LogP contribution in [0.5, 0.6) is 34.5 Å². The van der Waals surface area contributed by atoms with Gasteiger partial charge in [0.05, 0.1) is 0 Å². The Morgan fingerprint density at radius 3 is 0.529 bits per heavy atom. The summed E-state index contributed by atoms with van der Waals surface area (Å²) < 4.78 is 50.1. The van der Waals surface area contributed by atoms with Crippen molar-refractivity contribution in [3.05, 3.63) is 201 Å². The quantitative estimate of drug-likeness (QED) is 0.0532. The van der Waals surface area contributed by atoms with Gasteiger partial charge >= 0.3 is 57.5 Å². The average Bonchev–Trinajstić information content (AvgIpc) is 3.20. The summed E-state index contributed by atoms with van der Waals surface area (Å²) in [5, 5.41) is 0. The van der Waals surface area contributed by atoms with E-state index in [1.165, 1.54) is 0 Å². The second-order valence-corrected chi connectivity index (χ2v) is 10.9. The number of rotatable bonds is 12. The summed E-state index contributed by atoms with van der Waals surface area (Å²) in [6.07, 6.45) is 0. The van der Waals surface area contributed by atoms with E-state index in [9.17, 15) is 0 Å². The standard InChI is InChI=1S/2C18H15O3P.2CO.CS.Fe/c2*1-4-10-16(11-5-1)19-22(20-17-12-6-2-7-13-17)21-18-14-8-3-9-15-18;3*1-2;/h2*1-15H;;;;. The maximum atomic E-state index is 7.50. The predicted molar refractivity (Wildman–Crippen MR) is 195 cm³/mol. The molecule has 0 fully saturated rings. The monoisotopic (exact) mass is 776 g/mol. The van der Waals surface area contributed by atoms with E-state index in [1.807, 2.05) is 182 Å². The molecular formula is C39H30FeO8P2S. The van der Waals surface area contributed by atoms with Crippen LogP contribution in [-0.2, 0) is 38.4 Å². The summed E-state index contributed by atoms with van der Waals surface area (Å²) in [5.41, 5.74) is 5.33. The maximum absolute atomic E-state index is 7.50. The molecule has 0 saturated carbocycles. The minimum Gasteiger partial charge on any atom is -0.409 e. The third kappa shape index (κ3) is 18.6. The van der Waals surface area contributed by atoms with E-state index in [-0.39, 0.29) is 17.1 Å². The van der Waals surface area contributed by atoms with Crippen molar-refractivity contribution >= 4 is 29.2 Å². The number of benzene rings is 6. The molecule has 0 aliphatic carbocycles. The van der Waals surface area contributed by atoms with Crippen molar-refractivity contribution in [2.75, 3.05) is 0 Å². The molecule has 0 amide bonds. The van der Waals surface area contributed by atoms with Gasteiger partial charge in [-0.3, -0.25) is 0 Å². The van der Waals surface area contributed by atoms with Crippen LogP contribution >= 0.6 is 17.2 Å². The summed E-state index contributed by atoms with van der Waals surface area (Å²) in [6, 6.07) is 57.0. The van der Waals surface area contributed by atoms with Gasteiger partial charge in [-0.05, 0) is 72.8 Å². The molecule has 6 aromatic rings. The van der Waals surface area contributed by atoms with Crippen LogP contribution in [0.4, 0.5) is 0 Å². The molecule has 0 bridgehead atoms. The Balaban J connectivity index is 0.000000438. The van der Waals surface area contributed by atoms with Gasteiger partial charge in [0.1, 0.15) is 34.5 Å². The molecule has 0 heterocycles. The van der Waals surface area contributed by atoms with Gasteiger partial charge in [0.25, 0.3) is 0 Å². The zero-order valence-electron chi connectivity index (χ0n) is 26.7. The Bertz CT molecular complexity index is 1420. The van der Waals surface area contributed by atoms with Gasteiger partial charge in [0.2, 0.25) is 0 Å². The van der Waals surface area contributed by atoms with Crippen molar-refractivity contribution in [2.45, 2.75) is 0 Å². The molecule has 6 aromatic carbocycles. The van der Waals surface area contributed by atoms with Crippen LogP contribution < -0.4 is 27.1 Å². The van der Waals surface area contributed by atoms with Crippen molar-refractivity contribution < 1.29 is 53.5 Å². The fourth-order valence-corrected chi connectivity index (χ4v) is 5.50. The Morgan fingerprint density at radius 2 is 0.412 bits per heavy atom. The van der Waals surface area contributed by atoms with Crippen LogP contribution in [0.2, 0.25) is 0 Å². The fourth-order valence-electron chi connectivity index (χ4n) is 3.52. The van der Waals surface area contributed by atoms with E-state index in [4.69, 9.17) is 42.1 Å². The van der Waals surface area contributed by atoms with Gasteiger partial charge in [-0.1, -0.05) is 109 Å². The maximum Gasteiger partial charge on any atom is 0.530 e. The topological polar surface area (TPSA) is 95.2 Å². The Hall–Kier alpha value is -4.89. The van der Waals surface area contributed by atoms with Crippen LogP contribution in [0.3, 0.4) is 0 Å². The predicted octanol–water partition coefficient (Wildman–Crippen LogP) is 10.9. The largest absolute Gasteiger partial charge is 0.530 e.